The number of hydrogen-bond acceptors (Lipinski definition) is 3. The van der Waals surface area contributed by atoms with Gasteiger partial charge in [0.2, 0.25) is 6.08 Å². The average molecular weight is 249 g/mol. The number of imidazole rings is 1. The van der Waals surface area contributed by atoms with Crippen LogP contribution in [0.25, 0.3) is 16.9 Å². The summed E-state index contributed by atoms with van der Waals surface area (Å²) in [6.07, 6.45) is 5.49. The summed E-state index contributed by atoms with van der Waals surface area (Å²) in [5, 5.41) is 0. The van der Waals surface area contributed by atoms with Gasteiger partial charge in [-0.25, -0.2) is 9.78 Å². The normalized spacial score (nSPS) is 10.4. The molecule has 4 nitrogen and oxygen atoms in total. The van der Waals surface area contributed by atoms with E-state index in [-0.39, 0.29) is 0 Å². The number of fused-ring (bicyclic) bond motifs is 1. The van der Waals surface area contributed by atoms with E-state index in [1.54, 1.807) is 12.1 Å². The first-order chi connectivity index (χ1) is 9.28. The molecule has 0 saturated heterocycles. The molecule has 0 atom stereocenters. The molecule has 0 radical (unpaired) electrons. The minimum absolute atomic E-state index is 0.596. The van der Waals surface area contributed by atoms with Gasteiger partial charge in [0.1, 0.15) is 5.65 Å². The maximum Gasteiger partial charge on any atom is 0.240 e. The summed E-state index contributed by atoms with van der Waals surface area (Å²) in [6, 6.07) is 11.4. The fourth-order valence-corrected chi connectivity index (χ4v) is 2.05. The number of nitrogens with zero attached hydrogens (tertiary/aromatic N) is 3. The summed E-state index contributed by atoms with van der Waals surface area (Å²) >= 11 is 0. The highest BCUT2D eigenvalue weighted by Crippen LogP contribution is 2.23. The number of aromatic nitrogens is 2. The van der Waals surface area contributed by atoms with Gasteiger partial charge in [-0.1, -0.05) is 18.2 Å². The number of pyridine rings is 1. The Balaban J connectivity index is 2.08. The number of hydrogen-bond donors (Lipinski definition) is 0. The molecule has 92 valence electrons. The molecular weight excluding hydrogens is 238 g/mol. The monoisotopic (exact) mass is 249 g/mol. The first-order valence-electron chi connectivity index (χ1n) is 5.90. The second-order valence-electron chi connectivity index (χ2n) is 4.30. The number of benzene rings is 1. The van der Waals surface area contributed by atoms with Crippen LogP contribution in [0.5, 0.6) is 0 Å². The molecule has 3 aromatic rings. The van der Waals surface area contributed by atoms with E-state index in [0.29, 0.717) is 5.69 Å². The third kappa shape index (κ3) is 2.05. The van der Waals surface area contributed by atoms with E-state index >= 15 is 0 Å². The molecule has 19 heavy (non-hydrogen) atoms. The van der Waals surface area contributed by atoms with Gasteiger partial charge in [-0.2, -0.15) is 4.99 Å². The zero-order valence-corrected chi connectivity index (χ0v) is 10.4. The fourth-order valence-electron chi connectivity index (χ4n) is 2.05. The maximum atomic E-state index is 10.2. The van der Waals surface area contributed by atoms with Gasteiger partial charge in [-0.3, -0.25) is 0 Å². The summed E-state index contributed by atoms with van der Waals surface area (Å²) in [5.41, 5.74) is 4.57. The number of isocyanates is 1. The van der Waals surface area contributed by atoms with Crippen molar-refractivity contribution in [3.05, 3.63) is 54.4 Å². The Labute approximate surface area is 110 Å². The maximum absolute atomic E-state index is 10.2. The molecule has 0 bridgehead atoms. The van der Waals surface area contributed by atoms with E-state index in [9.17, 15) is 4.79 Å². The molecule has 0 unspecified atom stereocenters. The predicted molar refractivity (Wildman–Crippen MR) is 73.1 cm³/mol. The van der Waals surface area contributed by atoms with Gasteiger partial charge in [-0.05, 0) is 30.7 Å². The average Bonchev–Trinajstić information content (AvgIpc) is 2.85. The lowest BCUT2D eigenvalue weighted by atomic mass is 10.1. The van der Waals surface area contributed by atoms with E-state index in [4.69, 9.17) is 0 Å². The first-order valence-corrected chi connectivity index (χ1v) is 5.90. The largest absolute Gasteiger partial charge is 0.306 e. The van der Waals surface area contributed by atoms with Crippen molar-refractivity contribution in [2.24, 2.45) is 4.99 Å². The molecule has 0 N–H and O–H groups in total. The van der Waals surface area contributed by atoms with Crippen molar-refractivity contribution < 1.29 is 4.79 Å². The van der Waals surface area contributed by atoms with Crippen LogP contribution < -0.4 is 0 Å². The molecule has 0 spiro atoms. The molecular formula is C15H11N3O. The van der Waals surface area contributed by atoms with E-state index in [1.807, 2.05) is 48.0 Å². The van der Waals surface area contributed by atoms with Gasteiger partial charge >= 0.3 is 0 Å². The molecule has 0 saturated carbocycles. The summed E-state index contributed by atoms with van der Waals surface area (Å²) in [6.45, 7) is 2.04. The zero-order valence-electron chi connectivity index (χ0n) is 10.4. The van der Waals surface area contributed by atoms with Crippen LogP contribution in [-0.4, -0.2) is 15.5 Å². The molecule has 0 aliphatic rings. The quantitative estimate of drug-likeness (QED) is 0.517. The van der Waals surface area contributed by atoms with Crippen LogP contribution >= 0.6 is 0 Å². The van der Waals surface area contributed by atoms with Gasteiger partial charge in [-0.15, -0.1) is 0 Å². The number of carbonyl (C=O) groups excluding carboxylic acids is 1. The van der Waals surface area contributed by atoms with E-state index in [0.717, 1.165) is 22.5 Å². The summed E-state index contributed by atoms with van der Waals surface area (Å²) < 4.78 is 2.00. The van der Waals surface area contributed by atoms with Crippen LogP contribution in [0.4, 0.5) is 5.69 Å². The Kier molecular flexibility index (Phi) is 2.71. The molecule has 0 fully saturated rings. The standard InChI is InChI=1S/C15H11N3O/c1-11-3-2-8-18-9-14(17-15(11)18)12-4-6-13(7-5-12)16-10-19/h2-9H,1H3. The summed E-state index contributed by atoms with van der Waals surface area (Å²) in [4.78, 5) is 18.4. The fraction of sp³-hybridized carbons (Fsp3) is 0.0667. The van der Waals surface area contributed by atoms with Crippen molar-refractivity contribution in [1.82, 2.24) is 9.38 Å². The molecule has 0 amide bonds. The Hall–Kier alpha value is -2.71. The highest BCUT2D eigenvalue weighted by Gasteiger charge is 2.05. The lowest BCUT2D eigenvalue weighted by Gasteiger charge is -1.95. The summed E-state index contributed by atoms with van der Waals surface area (Å²) in [5.74, 6) is 0. The van der Waals surface area contributed by atoms with Crippen molar-refractivity contribution >= 4 is 17.4 Å². The molecule has 2 heterocycles. The van der Waals surface area contributed by atoms with Crippen molar-refractivity contribution in [2.75, 3.05) is 0 Å². The Morgan fingerprint density at radius 2 is 2.00 bits per heavy atom. The molecule has 1 aromatic carbocycles. The van der Waals surface area contributed by atoms with Crippen LogP contribution in [0.3, 0.4) is 0 Å². The zero-order chi connectivity index (χ0) is 13.2. The lowest BCUT2D eigenvalue weighted by Crippen LogP contribution is -1.83. The van der Waals surface area contributed by atoms with Crippen molar-refractivity contribution in [2.45, 2.75) is 6.92 Å². The van der Waals surface area contributed by atoms with Crippen molar-refractivity contribution in [3.8, 4) is 11.3 Å². The second kappa shape index (κ2) is 4.52. The van der Waals surface area contributed by atoms with Crippen molar-refractivity contribution in [1.29, 1.82) is 0 Å². The van der Waals surface area contributed by atoms with E-state index in [1.165, 1.54) is 6.08 Å². The van der Waals surface area contributed by atoms with Crippen LogP contribution in [-0.2, 0) is 4.79 Å². The number of aliphatic imine (C=N–C) groups is 1. The van der Waals surface area contributed by atoms with E-state index < -0.39 is 0 Å². The molecule has 4 heteroatoms. The van der Waals surface area contributed by atoms with Gasteiger partial charge in [0.25, 0.3) is 0 Å². The van der Waals surface area contributed by atoms with Crippen molar-refractivity contribution in [3.63, 3.8) is 0 Å². The smallest absolute Gasteiger partial charge is 0.240 e. The highest BCUT2D eigenvalue weighted by atomic mass is 16.1. The number of aryl methyl sites for hydroxylation is 1. The van der Waals surface area contributed by atoms with Gasteiger partial charge in [0, 0.05) is 18.0 Å². The van der Waals surface area contributed by atoms with Gasteiger partial charge in [0.05, 0.1) is 11.4 Å². The third-order valence-electron chi connectivity index (χ3n) is 3.02. The Morgan fingerprint density at radius 1 is 1.21 bits per heavy atom. The molecule has 2 aromatic heterocycles. The van der Waals surface area contributed by atoms with Crippen LogP contribution in [0, 0.1) is 6.92 Å². The van der Waals surface area contributed by atoms with Gasteiger partial charge in [0.15, 0.2) is 0 Å². The second-order valence-corrected chi connectivity index (χ2v) is 4.30. The minimum Gasteiger partial charge on any atom is -0.306 e. The van der Waals surface area contributed by atoms with Crippen LogP contribution in [0.2, 0.25) is 0 Å². The topological polar surface area (TPSA) is 46.7 Å². The van der Waals surface area contributed by atoms with E-state index in [2.05, 4.69) is 9.98 Å². The molecule has 3 rings (SSSR count). The van der Waals surface area contributed by atoms with Crippen LogP contribution in [0.15, 0.2) is 53.8 Å². The summed E-state index contributed by atoms with van der Waals surface area (Å²) in [7, 11) is 0. The molecule has 0 aliphatic heterocycles. The third-order valence-corrected chi connectivity index (χ3v) is 3.02. The first kappa shape index (κ1) is 11.4. The lowest BCUT2D eigenvalue weighted by molar-refractivity contribution is 0.565. The van der Waals surface area contributed by atoms with Crippen LogP contribution in [0.1, 0.15) is 5.56 Å². The number of rotatable bonds is 2. The Bertz CT molecular complexity index is 781. The molecule has 0 aliphatic carbocycles. The van der Waals surface area contributed by atoms with Gasteiger partial charge < -0.3 is 4.40 Å². The minimum atomic E-state index is 0.596. The SMILES string of the molecule is Cc1cccn2cc(-c3ccc(N=C=O)cc3)nc12. The highest BCUT2D eigenvalue weighted by molar-refractivity contribution is 5.66. The Morgan fingerprint density at radius 3 is 2.68 bits per heavy atom. The predicted octanol–water partition coefficient (Wildman–Crippen LogP) is 3.28.